The van der Waals surface area contributed by atoms with Crippen molar-refractivity contribution in [2.24, 2.45) is 0 Å². The van der Waals surface area contributed by atoms with Crippen LogP contribution in [0, 0.1) is 21.8 Å². The van der Waals surface area contributed by atoms with Crippen LogP contribution < -0.4 is 4.90 Å². The normalized spacial score (nSPS) is 16.9. The maximum absolute atomic E-state index is 13.2. The molecule has 2 aromatic heterocycles. The standard InChI is InChI=1S/C19H17FIN5OS/c1-11-2-3-13(15(21)6-11)16-14(8-22)19(26-4-5-27-12(7-20)9-26)28-17(16)18-23-10-24-25-18/h2-3,6,10,12H,4-5,7,9H2,1H3,(H,23,24,25)/t12-/m0/s1. The number of anilines is 1. The van der Waals surface area contributed by atoms with Gasteiger partial charge in [-0.1, -0.05) is 17.7 Å². The molecule has 1 aliphatic heterocycles. The molecule has 4 rings (SSSR count). The number of ether oxygens (including phenoxy) is 1. The average Bonchev–Trinajstić information content (AvgIpc) is 3.35. The molecule has 144 valence electrons. The summed E-state index contributed by atoms with van der Waals surface area (Å²) in [5, 5.41) is 18.9. The lowest BCUT2D eigenvalue weighted by Crippen LogP contribution is -2.43. The zero-order valence-electron chi connectivity index (χ0n) is 15.1. The summed E-state index contributed by atoms with van der Waals surface area (Å²) >= 11 is 3.78. The molecule has 1 fully saturated rings. The van der Waals surface area contributed by atoms with Crippen molar-refractivity contribution in [2.75, 3.05) is 31.3 Å². The van der Waals surface area contributed by atoms with Crippen LogP contribution in [-0.2, 0) is 4.74 Å². The number of alkyl halides is 1. The van der Waals surface area contributed by atoms with Crippen LogP contribution in [0.3, 0.4) is 0 Å². The number of hydrogen-bond acceptors (Lipinski definition) is 6. The zero-order valence-corrected chi connectivity index (χ0v) is 18.1. The fraction of sp³-hybridized carbons (Fsp3) is 0.316. The average molecular weight is 509 g/mol. The predicted octanol–water partition coefficient (Wildman–Crippen LogP) is 4.16. The number of thiophene rings is 1. The van der Waals surface area contributed by atoms with Crippen LogP contribution in [0.5, 0.6) is 0 Å². The van der Waals surface area contributed by atoms with Crippen LogP contribution in [0.4, 0.5) is 9.39 Å². The van der Waals surface area contributed by atoms with E-state index >= 15 is 0 Å². The van der Waals surface area contributed by atoms with Gasteiger partial charge in [-0.25, -0.2) is 4.39 Å². The second-order valence-electron chi connectivity index (χ2n) is 6.51. The minimum Gasteiger partial charge on any atom is -0.372 e. The Morgan fingerprint density at radius 2 is 2.36 bits per heavy atom. The summed E-state index contributed by atoms with van der Waals surface area (Å²) in [4.78, 5) is 5.95. The summed E-state index contributed by atoms with van der Waals surface area (Å²) < 4.78 is 19.7. The fourth-order valence-electron chi connectivity index (χ4n) is 3.31. The Morgan fingerprint density at radius 1 is 1.50 bits per heavy atom. The van der Waals surface area contributed by atoms with Crippen molar-refractivity contribution in [3.63, 3.8) is 0 Å². The Hall–Kier alpha value is -2.03. The Morgan fingerprint density at radius 3 is 3.04 bits per heavy atom. The molecular weight excluding hydrogens is 492 g/mol. The Bertz CT molecular complexity index is 1030. The van der Waals surface area contributed by atoms with Crippen LogP contribution in [0.1, 0.15) is 11.1 Å². The second-order valence-corrected chi connectivity index (χ2v) is 8.67. The van der Waals surface area contributed by atoms with E-state index in [-0.39, 0.29) is 0 Å². The number of H-pyrrole nitrogens is 1. The highest BCUT2D eigenvalue weighted by molar-refractivity contribution is 14.1. The summed E-state index contributed by atoms with van der Waals surface area (Å²) in [5.74, 6) is 0.620. The maximum atomic E-state index is 13.2. The SMILES string of the molecule is Cc1ccc(-c2c(-c3nnc[nH]3)sc(N3CCO[C@@H](CF)C3)c2C#N)c(I)c1. The maximum Gasteiger partial charge on any atom is 0.171 e. The molecule has 0 aliphatic carbocycles. The van der Waals surface area contributed by atoms with E-state index in [1.54, 1.807) is 0 Å². The van der Waals surface area contributed by atoms with Crippen LogP contribution in [-0.4, -0.2) is 47.7 Å². The first-order valence-corrected chi connectivity index (χ1v) is 10.6. The van der Waals surface area contributed by atoms with E-state index in [4.69, 9.17) is 4.74 Å². The summed E-state index contributed by atoms with van der Waals surface area (Å²) in [6, 6.07) is 8.55. The Kier molecular flexibility index (Phi) is 5.61. The van der Waals surface area contributed by atoms with Crippen LogP contribution in [0.2, 0.25) is 0 Å². The van der Waals surface area contributed by atoms with Crippen molar-refractivity contribution < 1.29 is 9.13 Å². The number of benzene rings is 1. The number of hydrogen-bond donors (Lipinski definition) is 1. The Labute approximate surface area is 179 Å². The fourth-order valence-corrected chi connectivity index (χ4v) is 5.50. The van der Waals surface area contributed by atoms with E-state index in [1.165, 1.54) is 17.7 Å². The van der Waals surface area contributed by atoms with E-state index < -0.39 is 12.8 Å². The summed E-state index contributed by atoms with van der Waals surface area (Å²) in [6.07, 6.45) is 1.05. The van der Waals surface area contributed by atoms with Crippen molar-refractivity contribution in [1.29, 1.82) is 5.26 Å². The van der Waals surface area contributed by atoms with Crippen molar-refractivity contribution >= 4 is 38.9 Å². The highest BCUT2D eigenvalue weighted by atomic mass is 127. The molecule has 1 aromatic carbocycles. The van der Waals surface area contributed by atoms with Gasteiger partial charge in [0.05, 0.1) is 17.0 Å². The van der Waals surface area contributed by atoms with Gasteiger partial charge in [-0.3, -0.25) is 0 Å². The van der Waals surface area contributed by atoms with Gasteiger partial charge in [-0.05, 0) is 41.1 Å². The Balaban J connectivity index is 1.91. The van der Waals surface area contributed by atoms with Gasteiger partial charge in [0.15, 0.2) is 5.82 Å². The van der Waals surface area contributed by atoms with E-state index in [2.05, 4.69) is 49.9 Å². The smallest absolute Gasteiger partial charge is 0.171 e. The lowest BCUT2D eigenvalue weighted by molar-refractivity contribution is 0.0249. The topological polar surface area (TPSA) is 77.8 Å². The molecule has 1 saturated heterocycles. The summed E-state index contributed by atoms with van der Waals surface area (Å²) in [6.45, 7) is 2.98. The molecule has 1 aliphatic rings. The first-order valence-electron chi connectivity index (χ1n) is 8.74. The number of aryl methyl sites for hydroxylation is 1. The molecule has 0 radical (unpaired) electrons. The first kappa shape index (κ1) is 19.3. The van der Waals surface area contributed by atoms with Gasteiger partial charge < -0.3 is 14.6 Å². The van der Waals surface area contributed by atoms with Gasteiger partial charge in [0.25, 0.3) is 0 Å². The monoisotopic (exact) mass is 509 g/mol. The largest absolute Gasteiger partial charge is 0.372 e. The van der Waals surface area contributed by atoms with E-state index in [0.717, 1.165) is 30.1 Å². The number of nitrogens with zero attached hydrogens (tertiary/aromatic N) is 4. The molecule has 0 unspecified atom stereocenters. The highest BCUT2D eigenvalue weighted by Crippen LogP contribution is 2.47. The number of aromatic amines is 1. The zero-order chi connectivity index (χ0) is 19.7. The van der Waals surface area contributed by atoms with Crippen LogP contribution >= 0.6 is 33.9 Å². The van der Waals surface area contributed by atoms with Crippen molar-refractivity contribution in [2.45, 2.75) is 13.0 Å². The number of halogens is 2. The molecule has 0 amide bonds. The van der Waals surface area contributed by atoms with Gasteiger partial charge in [-0.2, -0.15) is 5.26 Å². The molecule has 0 bridgehead atoms. The van der Waals surface area contributed by atoms with Crippen molar-refractivity contribution in [3.05, 3.63) is 39.2 Å². The highest BCUT2D eigenvalue weighted by Gasteiger charge is 2.29. The molecule has 3 aromatic rings. The van der Waals surface area contributed by atoms with E-state index in [9.17, 15) is 9.65 Å². The quantitative estimate of drug-likeness (QED) is 0.535. The van der Waals surface area contributed by atoms with Gasteiger partial charge in [-0.15, -0.1) is 21.5 Å². The van der Waals surface area contributed by atoms with Gasteiger partial charge in [0.2, 0.25) is 0 Å². The molecular formula is C19H17FIN5OS. The van der Waals surface area contributed by atoms with Crippen LogP contribution in [0.15, 0.2) is 24.5 Å². The number of aromatic nitrogens is 3. The third kappa shape index (κ3) is 3.52. The first-order chi connectivity index (χ1) is 13.6. The molecule has 1 N–H and O–H groups in total. The third-order valence-corrected chi connectivity index (χ3v) is 6.78. The van der Waals surface area contributed by atoms with Crippen molar-refractivity contribution in [3.8, 4) is 27.9 Å². The summed E-state index contributed by atoms with van der Waals surface area (Å²) in [7, 11) is 0. The molecule has 9 heteroatoms. The molecule has 28 heavy (non-hydrogen) atoms. The van der Waals surface area contributed by atoms with E-state index in [1.807, 2.05) is 24.0 Å². The lowest BCUT2D eigenvalue weighted by Gasteiger charge is -2.32. The molecule has 0 saturated carbocycles. The van der Waals surface area contributed by atoms with Crippen LogP contribution in [0.25, 0.3) is 21.8 Å². The van der Waals surface area contributed by atoms with E-state index in [0.29, 0.717) is 31.1 Å². The number of nitriles is 1. The molecule has 6 nitrogen and oxygen atoms in total. The molecule has 0 spiro atoms. The predicted molar refractivity (Wildman–Crippen MR) is 115 cm³/mol. The third-order valence-electron chi connectivity index (χ3n) is 4.63. The van der Waals surface area contributed by atoms with Gasteiger partial charge in [0.1, 0.15) is 30.2 Å². The van der Waals surface area contributed by atoms with Gasteiger partial charge in [0, 0.05) is 22.2 Å². The van der Waals surface area contributed by atoms with Gasteiger partial charge >= 0.3 is 0 Å². The lowest BCUT2D eigenvalue weighted by atomic mass is 10.00. The summed E-state index contributed by atoms with van der Waals surface area (Å²) in [5.41, 5.74) is 3.55. The number of morpholine rings is 1. The minimum absolute atomic E-state index is 0.423. The minimum atomic E-state index is -0.540. The van der Waals surface area contributed by atoms with Crippen molar-refractivity contribution in [1.82, 2.24) is 15.2 Å². The molecule has 3 heterocycles. The second kappa shape index (κ2) is 8.14. The number of nitrogens with one attached hydrogen (secondary N) is 1. The number of rotatable bonds is 4. The molecule has 1 atom stereocenters.